The molecule has 0 saturated heterocycles. The van der Waals surface area contributed by atoms with Crippen molar-refractivity contribution in [2.45, 2.75) is 113 Å². The molecular weight excluding hydrogens is 532 g/mol. The first-order valence-corrected chi connectivity index (χ1v) is 29.8. The molecule has 0 unspecified atom stereocenters. The minimum atomic E-state index is -1.36. The fraction of sp³-hybridized carbons (Fsp3) is 0.643. The standard InChI is InChI=1S/C16H24Si2.4C3H7.2Ga/c1-17(2,3)13-11-15-7-9-16(10-8-15)12-14-18(4,5)6;4*1-3-2;;/h7-12H,1-6H3;4*1,3H2,2H3;;. The monoisotopic (exact) mass is 582 g/mol. The summed E-state index contributed by atoms with van der Waals surface area (Å²) < 4.78 is 3.92. The number of benzene rings is 1. The van der Waals surface area contributed by atoms with Crippen LogP contribution >= 0.6 is 0 Å². The molecule has 0 aromatic heterocycles. The van der Waals surface area contributed by atoms with Gasteiger partial charge in [0, 0.05) is 0 Å². The van der Waals surface area contributed by atoms with Crippen LogP contribution in [-0.2, 0) is 0 Å². The Labute approximate surface area is 214 Å². The van der Waals surface area contributed by atoms with Crippen LogP contribution in [0.1, 0.15) is 64.5 Å². The molecule has 1 rings (SSSR count). The van der Waals surface area contributed by atoms with Crippen molar-refractivity contribution in [3.8, 4) is 0 Å². The number of rotatable bonds is 14. The Bertz CT molecular complexity index is 646. The Morgan fingerprint density at radius 2 is 0.812 bits per heavy atom. The van der Waals surface area contributed by atoms with Crippen molar-refractivity contribution < 1.29 is 0 Å². The zero-order chi connectivity index (χ0) is 24.4. The number of hydrogen-bond acceptors (Lipinski definition) is 0. The Morgan fingerprint density at radius 1 is 0.562 bits per heavy atom. The van der Waals surface area contributed by atoms with E-state index in [1.807, 2.05) is 7.50 Å². The molecule has 0 spiro atoms. The molecule has 0 nitrogen and oxygen atoms in total. The Balaban J connectivity index is 3.33. The van der Waals surface area contributed by atoms with Crippen LogP contribution in [0.4, 0.5) is 0 Å². The van der Waals surface area contributed by atoms with Gasteiger partial charge in [0.1, 0.15) is 0 Å². The first-order chi connectivity index (χ1) is 15.0. The number of hydrogen-bond donors (Lipinski definition) is 0. The molecular formula is C28H52Ga2Si2. The van der Waals surface area contributed by atoms with Crippen molar-refractivity contribution in [2.24, 2.45) is 0 Å². The van der Waals surface area contributed by atoms with Crippen molar-refractivity contribution in [2.75, 3.05) is 0 Å². The van der Waals surface area contributed by atoms with E-state index in [-0.39, 0.29) is 0 Å². The quantitative estimate of drug-likeness (QED) is 0.191. The molecule has 0 amide bonds. The summed E-state index contributed by atoms with van der Waals surface area (Å²) in [5, 5.41) is 0. The van der Waals surface area contributed by atoms with Crippen LogP contribution in [0.25, 0.3) is 12.2 Å². The molecule has 0 aliphatic carbocycles. The summed E-state index contributed by atoms with van der Waals surface area (Å²) in [6.45, 7) is 25.0. The van der Waals surface area contributed by atoms with E-state index in [1.54, 1.807) is 0 Å². The van der Waals surface area contributed by atoms with Crippen LogP contribution < -0.4 is 0 Å². The van der Waals surface area contributed by atoms with E-state index in [0.717, 1.165) is 0 Å². The van der Waals surface area contributed by atoms with Crippen LogP contribution in [-0.4, -0.2) is 48.6 Å². The van der Waals surface area contributed by atoms with Gasteiger partial charge < -0.3 is 0 Å². The Morgan fingerprint density at radius 3 is 1.00 bits per heavy atom. The maximum absolute atomic E-state index is 2.66. The molecule has 0 radical (unpaired) electrons. The molecule has 0 aliphatic rings. The molecule has 0 fully saturated rings. The van der Waals surface area contributed by atoms with Crippen molar-refractivity contribution in [1.29, 1.82) is 0 Å². The van der Waals surface area contributed by atoms with Crippen LogP contribution in [0.3, 0.4) is 0 Å². The van der Waals surface area contributed by atoms with Gasteiger partial charge in [-0.1, -0.05) is 0 Å². The van der Waals surface area contributed by atoms with Crippen LogP contribution in [0.15, 0.2) is 31.8 Å². The second-order valence-corrected chi connectivity index (χ2v) is 37.8. The van der Waals surface area contributed by atoms with Crippen LogP contribution in [0, 0.1) is 0 Å². The summed E-state index contributed by atoms with van der Waals surface area (Å²) in [4.78, 5) is 6.11. The molecule has 1 aromatic rings. The van der Waals surface area contributed by atoms with Gasteiger partial charge in [0.05, 0.1) is 0 Å². The third-order valence-corrected chi connectivity index (χ3v) is 40.7. The third kappa shape index (κ3) is 10.3. The van der Waals surface area contributed by atoms with Gasteiger partial charge >= 0.3 is 216 Å². The second-order valence-electron chi connectivity index (χ2n) is 11.9. The fourth-order valence-corrected chi connectivity index (χ4v) is 38.8. The Hall–Kier alpha value is 0.406. The van der Waals surface area contributed by atoms with E-state index in [9.17, 15) is 0 Å². The van der Waals surface area contributed by atoms with Crippen molar-refractivity contribution in [3.05, 3.63) is 42.9 Å². The fourth-order valence-electron chi connectivity index (χ4n) is 5.25. The van der Waals surface area contributed by atoms with Crippen LogP contribution in [0.5, 0.6) is 0 Å². The van der Waals surface area contributed by atoms with Gasteiger partial charge in [-0.05, 0) is 0 Å². The average molecular weight is 584 g/mol. The summed E-state index contributed by atoms with van der Waals surface area (Å²) in [6, 6.07) is 9.69. The molecule has 0 N–H and O–H groups in total. The van der Waals surface area contributed by atoms with E-state index in [1.165, 1.54) is 56.7 Å². The average Bonchev–Trinajstić information content (AvgIpc) is 2.69. The van der Waals surface area contributed by atoms with E-state index in [0.29, 0.717) is 0 Å². The van der Waals surface area contributed by atoms with E-state index < -0.39 is 48.6 Å². The minimum absolute atomic E-state index is 1.26. The van der Waals surface area contributed by atoms with Gasteiger partial charge in [0.25, 0.3) is 0 Å². The molecule has 32 heavy (non-hydrogen) atoms. The van der Waals surface area contributed by atoms with Gasteiger partial charge in [-0.15, -0.1) is 0 Å². The van der Waals surface area contributed by atoms with Gasteiger partial charge in [0.15, 0.2) is 0 Å². The maximum atomic E-state index is 2.66. The predicted octanol–water partition coefficient (Wildman–Crippen LogP) is 9.92. The summed E-state index contributed by atoms with van der Waals surface area (Å²) in [7, 11) is -2.52. The summed E-state index contributed by atoms with van der Waals surface area (Å²) >= 11 is -2.72. The van der Waals surface area contributed by atoms with E-state index in [2.05, 4.69) is 103 Å². The first kappa shape index (κ1) is 30.4. The Kier molecular flexibility index (Phi) is 14.0. The second kappa shape index (κ2) is 14.7. The van der Waals surface area contributed by atoms with E-state index in [4.69, 9.17) is 0 Å². The zero-order valence-corrected chi connectivity index (χ0v) is 30.1. The molecule has 178 valence electrons. The molecule has 1 aromatic carbocycles. The van der Waals surface area contributed by atoms with E-state index >= 15 is 0 Å². The van der Waals surface area contributed by atoms with Crippen LogP contribution in [0.2, 0.25) is 59.2 Å². The predicted molar refractivity (Wildman–Crippen MR) is 161 cm³/mol. The SMILES string of the molecule is CC[CH2][Ga]([CH2]CC)/[C](=C\c1ccc(/C=[C](\[Ga]([CH2]CC)[CH2]CC)[Si](C)(C)C)cc1)[Si](C)(C)C. The molecule has 4 heteroatoms. The van der Waals surface area contributed by atoms with Gasteiger partial charge in [0.2, 0.25) is 0 Å². The molecule has 0 heterocycles. The van der Waals surface area contributed by atoms with Gasteiger partial charge in [-0.3, -0.25) is 0 Å². The normalized spacial score (nSPS) is 13.4. The van der Waals surface area contributed by atoms with Crippen molar-refractivity contribution in [1.82, 2.24) is 0 Å². The molecule has 0 aliphatic heterocycles. The zero-order valence-electron chi connectivity index (χ0n) is 23.3. The van der Waals surface area contributed by atoms with Crippen molar-refractivity contribution >= 4 is 60.7 Å². The summed E-state index contributed by atoms with van der Waals surface area (Å²) in [5.74, 6) is 0. The summed E-state index contributed by atoms with van der Waals surface area (Å²) in [5.41, 5.74) is 2.91. The van der Waals surface area contributed by atoms with Gasteiger partial charge in [-0.25, -0.2) is 0 Å². The third-order valence-electron chi connectivity index (χ3n) is 6.74. The van der Waals surface area contributed by atoms with Gasteiger partial charge in [-0.2, -0.15) is 0 Å². The molecule has 0 atom stereocenters. The summed E-state index contributed by atoms with van der Waals surface area (Å²) in [6.07, 6.45) is 10.8. The van der Waals surface area contributed by atoms with Crippen molar-refractivity contribution in [3.63, 3.8) is 0 Å². The topological polar surface area (TPSA) is 0 Å². The first-order valence-electron chi connectivity index (χ1n) is 13.5. The molecule has 0 saturated carbocycles. The molecule has 0 bridgehead atoms.